The first-order chi connectivity index (χ1) is 21.0. The van der Waals surface area contributed by atoms with Gasteiger partial charge in [0.15, 0.2) is 0 Å². The minimum absolute atomic E-state index is 0.0301. The van der Waals surface area contributed by atoms with E-state index in [1.54, 1.807) is 27.7 Å². The summed E-state index contributed by atoms with van der Waals surface area (Å²) in [4.78, 5) is 39.0. The number of aliphatic hydroxyl groups is 6. The van der Waals surface area contributed by atoms with E-state index >= 15 is 0 Å². The van der Waals surface area contributed by atoms with E-state index in [9.17, 15) is 19.2 Å². The van der Waals surface area contributed by atoms with Crippen molar-refractivity contribution >= 4 is 74.4 Å². The molecule has 0 heterocycles. The molecule has 0 saturated heterocycles. The molecule has 0 saturated carbocycles. The lowest BCUT2D eigenvalue weighted by molar-refractivity contribution is -0.137. The lowest BCUT2D eigenvalue weighted by Crippen LogP contribution is -2.32. The van der Waals surface area contributed by atoms with Crippen LogP contribution >= 0.6 is 50.5 Å². The van der Waals surface area contributed by atoms with Crippen LogP contribution in [0.2, 0.25) is 0 Å². The normalized spacial score (nSPS) is 12.9. The van der Waals surface area contributed by atoms with Gasteiger partial charge in [0, 0.05) is 31.8 Å². The molecule has 280 valence electrons. The Labute approximate surface area is 295 Å². The second kappa shape index (κ2) is 36.9. The Bertz CT molecular complexity index is 596. The molecule has 0 amide bonds. The number of hydrogen-bond donors (Lipinski definition) is 14. The molecule has 0 aliphatic carbocycles. The first-order valence-electron chi connectivity index (χ1n) is 14.2. The number of carbonyl (C=O) groups is 4. The van der Waals surface area contributed by atoms with Crippen molar-refractivity contribution in [3.63, 3.8) is 0 Å². The van der Waals surface area contributed by atoms with Crippen LogP contribution in [0.25, 0.3) is 0 Å². The average molecular weight is 749 g/mol. The average Bonchev–Trinajstić information content (AvgIpc) is 2.91. The predicted octanol–water partition coefficient (Wildman–Crippen LogP) is 1.84. The van der Waals surface area contributed by atoms with Gasteiger partial charge in [0.2, 0.25) is 0 Å². The molecule has 4 unspecified atom stereocenters. The van der Waals surface area contributed by atoms with E-state index in [0.717, 1.165) is 0 Å². The molecule has 0 aliphatic rings. The molecule has 0 rings (SSSR count). The number of thiol groups is 4. The van der Waals surface area contributed by atoms with Crippen molar-refractivity contribution in [1.29, 1.82) is 0 Å². The third kappa shape index (κ3) is 49.9. The highest BCUT2D eigenvalue weighted by Crippen LogP contribution is 2.19. The Morgan fingerprint density at radius 3 is 0.565 bits per heavy atom. The molecule has 0 aromatic heterocycles. The van der Waals surface area contributed by atoms with Crippen molar-refractivity contribution in [3.05, 3.63) is 0 Å². The number of carboxylic acids is 4. The molecule has 0 bridgehead atoms. The second-order valence-corrected chi connectivity index (χ2v) is 14.0. The van der Waals surface area contributed by atoms with Crippen LogP contribution in [0.5, 0.6) is 0 Å². The van der Waals surface area contributed by atoms with Gasteiger partial charge in [0.1, 0.15) is 0 Å². The zero-order valence-electron chi connectivity index (χ0n) is 27.7. The van der Waals surface area contributed by atoms with Crippen LogP contribution in [0.3, 0.4) is 0 Å². The Balaban J connectivity index is -0.000000105. The highest BCUT2D eigenvalue weighted by Gasteiger charge is 2.25. The first kappa shape index (κ1) is 57.3. The maximum absolute atomic E-state index is 9.76. The van der Waals surface area contributed by atoms with E-state index in [0.29, 0.717) is 12.8 Å². The minimum Gasteiger partial charge on any atom is -0.481 e. The van der Waals surface area contributed by atoms with E-state index in [1.807, 2.05) is 13.8 Å². The highest BCUT2D eigenvalue weighted by molar-refractivity contribution is 7.81. The van der Waals surface area contributed by atoms with Gasteiger partial charge in [-0.15, -0.1) is 0 Å². The quantitative estimate of drug-likeness (QED) is 0.100. The molecule has 14 nitrogen and oxygen atoms in total. The smallest absolute Gasteiger partial charge is 0.304 e. The van der Waals surface area contributed by atoms with Crippen LogP contribution in [0.1, 0.15) is 80.1 Å². The first-order valence-corrected chi connectivity index (χ1v) is 16.3. The maximum Gasteiger partial charge on any atom is 0.304 e. The van der Waals surface area contributed by atoms with Crippen LogP contribution in [-0.2, 0) is 19.2 Å². The van der Waals surface area contributed by atoms with Gasteiger partial charge in [-0.05, 0) is 12.8 Å². The Kier molecular flexibility index (Phi) is 45.9. The molecule has 46 heavy (non-hydrogen) atoms. The van der Waals surface area contributed by atoms with Crippen LogP contribution in [0.15, 0.2) is 0 Å². The third-order valence-corrected chi connectivity index (χ3v) is 6.12. The van der Waals surface area contributed by atoms with Gasteiger partial charge in [0.05, 0.1) is 65.3 Å². The van der Waals surface area contributed by atoms with Crippen molar-refractivity contribution in [2.24, 2.45) is 10.8 Å². The van der Waals surface area contributed by atoms with E-state index in [4.69, 9.17) is 51.1 Å². The summed E-state index contributed by atoms with van der Waals surface area (Å²) >= 11 is 15.4. The van der Waals surface area contributed by atoms with E-state index in [-0.39, 0.29) is 86.3 Å². The summed E-state index contributed by atoms with van der Waals surface area (Å²) in [5.74, 6) is -3.16. The molecule has 0 spiro atoms. The highest BCUT2D eigenvalue weighted by atomic mass is 32.1. The summed E-state index contributed by atoms with van der Waals surface area (Å²) in [6.45, 7) is 9.70. The molecule has 10 N–H and O–H groups in total. The molecule has 0 aliphatic heterocycles. The van der Waals surface area contributed by atoms with E-state index in [2.05, 4.69) is 50.5 Å². The monoisotopic (exact) mass is 748 g/mol. The third-order valence-electron chi connectivity index (χ3n) is 5.39. The van der Waals surface area contributed by atoms with Gasteiger partial charge in [-0.2, -0.15) is 50.5 Å². The molecule has 0 fully saturated rings. The van der Waals surface area contributed by atoms with Crippen LogP contribution in [-0.4, -0.2) is 136 Å². The zero-order chi connectivity index (χ0) is 38.1. The van der Waals surface area contributed by atoms with E-state index in [1.165, 1.54) is 0 Å². The number of hydrogen-bond acceptors (Lipinski definition) is 14. The largest absolute Gasteiger partial charge is 0.481 e. The van der Waals surface area contributed by atoms with Gasteiger partial charge in [0.25, 0.3) is 0 Å². The Morgan fingerprint density at radius 1 is 0.435 bits per heavy atom. The minimum atomic E-state index is -0.789. The Hall–Kier alpha value is -0.960. The number of carboxylic acid groups (broad SMARTS) is 4. The molecular weight excluding hydrogens is 689 g/mol. The van der Waals surface area contributed by atoms with Crippen LogP contribution in [0, 0.1) is 10.8 Å². The van der Waals surface area contributed by atoms with Gasteiger partial charge in [-0.3, -0.25) is 19.2 Å². The summed E-state index contributed by atoms with van der Waals surface area (Å²) in [7, 11) is 0. The van der Waals surface area contributed by atoms with Crippen molar-refractivity contribution in [2.45, 2.75) is 101 Å². The summed E-state index contributed by atoms with van der Waals surface area (Å²) in [5.41, 5.74) is -1.33. The summed E-state index contributed by atoms with van der Waals surface area (Å²) < 4.78 is 0. The molecule has 0 radical (unpaired) electrons. The fourth-order valence-corrected chi connectivity index (χ4v) is 2.61. The van der Waals surface area contributed by atoms with Crippen molar-refractivity contribution in [1.82, 2.24) is 0 Å². The van der Waals surface area contributed by atoms with Crippen molar-refractivity contribution < 1.29 is 70.2 Å². The molecule has 0 aromatic carbocycles. The number of aliphatic carboxylic acids is 4. The second-order valence-electron chi connectivity index (χ2n) is 10.4. The topological polar surface area (TPSA) is 271 Å². The lowest BCUT2D eigenvalue weighted by atomic mass is 9.88. The van der Waals surface area contributed by atoms with Crippen molar-refractivity contribution in [3.8, 4) is 0 Å². The van der Waals surface area contributed by atoms with Gasteiger partial charge >= 0.3 is 23.9 Å². The standard InChI is InChI=1S/2C6H14O3.4C4H8O2S/c2*1-2-6(3-7,4-8)5-9;4*1-3(7)2-4(5)6/h2*7-9H,2-5H2,1H3;4*3,7H,2H2,1H3,(H,5,6). The van der Waals surface area contributed by atoms with Gasteiger partial charge in [-0.25, -0.2) is 0 Å². The van der Waals surface area contributed by atoms with E-state index < -0.39 is 34.7 Å². The SMILES string of the molecule is CC(S)CC(=O)O.CC(S)CC(=O)O.CC(S)CC(=O)O.CC(S)CC(=O)O.CCC(CO)(CO)CO.CCC(CO)(CO)CO. The van der Waals surface area contributed by atoms with Gasteiger partial charge in [-0.1, -0.05) is 41.5 Å². The number of aliphatic hydroxyl groups excluding tert-OH is 6. The number of rotatable bonds is 16. The summed E-state index contributed by atoms with van der Waals surface area (Å²) in [6, 6.07) is 0. The fourth-order valence-electron chi connectivity index (χ4n) is 1.98. The fraction of sp³-hybridized carbons (Fsp3) is 0.857. The summed E-state index contributed by atoms with van der Waals surface area (Å²) in [5, 5.41) is 84.0. The molecule has 0 aromatic rings. The lowest BCUT2D eigenvalue weighted by Gasteiger charge is -2.24. The zero-order valence-corrected chi connectivity index (χ0v) is 31.3. The maximum atomic E-state index is 9.76. The molecular formula is C28H60O14S4. The van der Waals surface area contributed by atoms with Gasteiger partial charge < -0.3 is 51.1 Å². The van der Waals surface area contributed by atoms with Crippen molar-refractivity contribution in [2.75, 3.05) is 39.6 Å². The Morgan fingerprint density at radius 2 is 0.565 bits per heavy atom. The van der Waals surface area contributed by atoms with Crippen LogP contribution in [0.4, 0.5) is 0 Å². The predicted molar refractivity (Wildman–Crippen MR) is 191 cm³/mol. The summed E-state index contributed by atoms with van der Waals surface area (Å²) in [6.07, 6.45) is 1.76. The molecule has 18 heteroatoms. The molecule has 4 atom stereocenters. The van der Waals surface area contributed by atoms with Crippen LogP contribution < -0.4 is 0 Å².